The van der Waals surface area contributed by atoms with Crippen LogP contribution in [-0.2, 0) is 35.0 Å². The SMILES string of the molecule is COCCOCCC(=O)NCCc1csc(NC(=O)CCOCCOC)n1. The van der Waals surface area contributed by atoms with Crippen molar-refractivity contribution in [2.75, 3.05) is 65.7 Å². The van der Waals surface area contributed by atoms with Crippen LogP contribution in [0.5, 0.6) is 0 Å². The molecule has 1 rings (SSSR count). The topological polar surface area (TPSA) is 108 Å². The molecule has 0 radical (unpaired) electrons. The van der Waals surface area contributed by atoms with Crippen LogP contribution in [0.15, 0.2) is 5.38 Å². The quantitative estimate of drug-likeness (QED) is 0.394. The number of nitrogens with zero attached hydrogens (tertiary/aromatic N) is 1. The van der Waals surface area contributed by atoms with Crippen LogP contribution >= 0.6 is 11.3 Å². The van der Waals surface area contributed by atoms with E-state index in [2.05, 4.69) is 15.6 Å². The van der Waals surface area contributed by atoms with E-state index in [-0.39, 0.29) is 18.2 Å². The third-order valence-corrected chi connectivity index (χ3v) is 4.12. The highest BCUT2D eigenvalue weighted by molar-refractivity contribution is 7.13. The molecule has 0 aromatic carbocycles. The summed E-state index contributed by atoms with van der Waals surface area (Å²) in [6, 6.07) is 0. The fourth-order valence-corrected chi connectivity index (χ4v) is 2.66. The molecule has 27 heavy (non-hydrogen) atoms. The van der Waals surface area contributed by atoms with Crippen LogP contribution in [-0.4, -0.2) is 77.2 Å². The molecule has 2 N–H and O–H groups in total. The molecule has 0 aliphatic rings. The minimum absolute atomic E-state index is 0.0651. The molecule has 0 bridgehead atoms. The first-order valence-corrected chi connectivity index (χ1v) is 9.68. The Kier molecular flexibility index (Phi) is 13.4. The van der Waals surface area contributed by atoms with E-state index in [0.717, 1.165) is 5.69 Å². The number of rotatable bonds is 16. The lowest BCUT2D eigenvalue weighted by Gasteiger charge is -2.05. The summed E-state index contributed by atoms with van der Waals surface area (Å²) < 4.78 is 20.2. The van der Waals surface area contributed by atoms with Crippen molar-refractivity contribution in [1.29, 1.82) is 0 Å². The Morgan fingerprint density at radius 3 is 2.22 bits per heavy atom. The number of carbonyl (C=O) groups is 2. The molecule has 0 aliphatic carbocycles. The van der Waals surface area contributed by atoms with Gasteiger partial charge in [-0.3, -0.25) is 9.59 Å². The molecule has 2 amide bonds. The summed E-state index contributed by atoms with van der Waals surface area (Å²) in [5.41, 5.74) is 0.822. The molecule has 154 valence electrons. The van der Waals surface area contributed by atoms with Gasteiger partial charge in [0.2, 0.25) is 11.8 Å². The lowest BCUT2D eigenvalue weighted by molar-refractivity contribution is -0.122. The van der Waals surface area contributed by atoms with Crippen molar-refractivity contribution in [1.82, 2.24) is 10.3 Å². The van der Waals surface area contributed by atoms with Gasteiger partial charge in [-0.05, 0) is 0 Å². The number of hydrogen-bond donors (Lipinski definition) is 2. The van der Waals surface area contributed by atoms with Crippen molar-refractivity contribution in [3.05, 3.63) is 11.1 Å². The van der Waals surface area contributed by atoms with Gasteiger partial charge >= 0.3 is 0 Å². The van der Waals surface area contributed by atoms with Gasteiger partial charge in [-0.1, -0.05) is 0 Å². The van der Waals surface area contributed by atoms with Crippen molar-refractivity contribution in [3.8, 4) is 0 Å². The van der Waals surface area contributed by atoms with Crippen LogP contribution in [0.2, 0.25) is 0 Å². The summed E-state index contributed by atoms with van der Waals surface area (Å²) >= 11 is 1.36. The second kappa shape index (κ2) is 15.5. The van der Waals surface area contributed by atoms with Crippen molar-refractivity contribution >= 4 is 28.3 Å². The zero-order chi connectivity index (χ0) is 19.7. The molecule has 0 fully saturated rings. The lowest BCUT2D eigenvalue weighted by Crippen LogP contribution is -2.26. The van der Waals surface area contributed by atoms with Gasteiger partial charge in [0.1, 0.15) is 0 Å². The fraction of sp³-hybridized carbons (Fsp3) is 0.706. The van der Waals surface area contributed by atoms with Gasteiger partial charge in [-0.2, -0.15) is 0 Å². The first-order valence-electron chi connectivity index (χ1n) is 8.80. The van der Waals surface area contributed by atoms with Gasteiger partial charge in [0, 0.05) is 39.0 Å². The Morgan fingerprint density at radius 2 is 1.59 bits per heavy atom. The maximum atomic E-state index is 11.8. The van der Waals surface area contributed by atoms with Gasteiger partial charge < -0.3 is 29.6 Å². The van der Waals surface area contributed by atoms with Crippen molar-refractivity contribution in [3.63, 3.8) is 0 Å². The molecule has 9 nitrogen and oxygen atoms in total. The van der Waals surface area contributed by atoms with E-state index >= 15 is 0 Å². The summed E-state index contributed by atoms with van der Waals surface area (Å²) in [5.74, 6) is -0.209. The van der Waals surface area contributed by atoms with E-state index in [0.29, 0.717) is 64.2 Å². The largest absolute Gasteiger partial charge is 0.382 e. The number of anilines is 1. The minimum Gasteiger partial charge on any atom is -0.382 e. The van der Waals surface area contributed by atoms with E-state index in [9.17, 15) is 9.59 Å². The summed E-state index contributed by atoms with van der Waals surface area (Å²) in [5, 5.41) is 7.97. The monoisotopic (exact) mass is 403 g/mol. The predicted octanol–water partition coefficient (Wildman–Crippen LogP) is 0.847. The number of hydrogen-bond acceptors (Lipinski definition) is 8. The Balaban J connectivity index is 2.12. The zero-order valence-electron chi connectivity index (χ0n) is 16.0. The van der Waals surface area contributed by atoms with Gasteiger partial charge in [0.25, 0.3) is 0 Å². The Bertz CT molecular complexity index is 540. The molecule has 10 heteroatoms. The third-order valence-electron chi connectivity index (χ3n) is 3.31. The highest BCUT2D eigenvalue weighted by Crippen LogP contribution is 2.15. The lowest BCUT2D eigenvalue weighted by atomic mass is 10.3. The van der Waals surface area contributed by atoms with Gasteiger partial charge in [0.05, 0.1) is 51.8 Å². The van der Waals surface area contributed by atoms with E-state index < -0.39 is 0 Å². The molecular weight excluding hydrogens is 374 g/mol. The molecule has 0 atom stereocenters. The summed E-state index contributed by atoms with van der Waals surface area (Å²) in [6.07, 6.45) is 1.18. The van der Waals surface area contributed by atoms with Crippen molar-refractivity contribution < 1.29 is 28.5 Å². The van der Waals surface area contributed by atoms with Gasteiger partial charge in [-0.15, -0.1) is 11.3 Å². The van der Waals surface area contributed by atoms with E-state index in [1.54, 1.807) is 14.2 Å². The number of carbonyl (C=O) groups excluding carboxylic acids is 2. The highest BCUT2D eigenvalue weighted by Gasteiger charge is 2.07. The number of amides is 2. The van der Waals surface area contributed by atoms with E-state index in [1.807, 2.05) is 5.38 Å². The molecule has 0 saturated carbocycles. The average molecular weight is 404 g/mol. The van der Waals surface area contributed by atoms with Crippen LogP contribution in [0.4, 0.5) is 5.13 Å². The van der Waals surface area contributed by atoms with Crippen LogP contribution in [0.1, 0.15) is 18.5 Å². The smallest absolute Gasteiger partial charge is 0.228 e. The van der Waals surface area contributed by atoms with Crippen LogP contribution in [0, 0.1) is 0 Å². The standard InChI is InChI=1S/C17H29N3O6S/c1-23-9-11-25-7-4-15(21)18-6-3-14-13-27-17(19-14)20-16(22)5-8-26-12-10-24-2/h13H,3-12H2,1-2H3,(H,18,21)(H,19,20,22). The van der Waals surface area contributed by atoms with E-state index in [4.69, 9.17) is 18.9 Å². The number of methoxy groups -OCH3 is 2. The predicted molar refractivity (Wildman–Crippen MR) is 102 cm³/mol. The molecule has 1 aromatic heterocycles. The maximum Gasteiger partial charge on any atom is 0.228 e. The van der Waals surface area contributed by atoms with Crippen LogP contribution < -0.4 is 10.6 Å². The number of ether oxygens (including phenoxy) is 4. The molecule has 0 saturated heterocycles. The minimum atomic E-state index is -0.143. The second-order valence-electron chi connectivity index (χ2n) is 5.50. The summed E-state index contributed by atoms with van der Waals surface area (Å²) in [4.78, 5) is 27.8. The van der Waals surface area contributed by atoms with E-state index in [1.165, 1.54) is 11.3 Å². The van der Waals surface area contributed by atoms with Crippen LogP contribution in [0.3, 0.4) is 0 Å². The first kappa shape index (κ1) is 23.4. The highest BCUT2D eigenvalue weighted by atomic mass is 32.1. The zero-order valence-corrected chi connectivity index (χ0v) is 16.8. The Morgan fingerprint density at radius 1 is 0.963 bits per heavy atom. The van der Waals surface area contributed by atoms with Crippen molar-refractivity contribution in [2.45, 2.75) is 19.3 Å². The average Bonchev–Trinajstić information content (AvgIpc) is 3.08. The number of nitrogens with one attached hydrogen (secondary N) is 2. The number of aromatic nitrogens is 1. The molecular formula is C17H29N3O6S. The maximum absolute atomic E-state index is 11.8. The van der Waals surface area contributed by atoms with Gasteiger partial charge in [-0.25, -0.2) is 4.98 Å². The Hall–Kier alpha value is -1.59. The third kappa shape index (κ3) is 12.4. The fourth-order valence-electron chi connectivity index (χ4n) is 1.90. The molecule has 0 spiro atoms. The first-order chi connectivity index (χ1) is 13.2. The summed E-state index contributed by atoms with van der Waals surface area (Å²) in [6.45, 7) is 3.18. The van der Waals surface area contributed by atoms with Gasteiger partial charge in [0.15, 0.2) is 5.13 Å². The number of thiazole rings is 1. The molecule has 0 aliphatic heterocycles. The molecule has 1 heterocycles. The summed E-state index contributed by atoms with van der Waals surface area (Å²) in [7, 11) is 3.20. The second-order valence-corrected chi connectivity index (χ2v) is 6.36. The van der Waals surface area contributed by atoms with Crippen molar-refractivity contribution in [2.24, 2.45) is 0 Å². The van der Waals surface area contributed by atoms with Crippen LogP contribution in [0.25, 0.3) is 0 Å². The molecule has 0 unspecified atom stereocenters. The normalized spacial score (nSPS) is 10.7. The Labute approximate surface area is 163 Å². The molecule has 1 aromatic rings.